The van der Waals surface area contributed by atoms with Crippen LogP contribution in [-0.4, -0.2) is 47.9 Å². The lowest BCUT2D eigenvalue weighted by molar-refractivity contribution is -0.0120. The summed E-state index contributed by atoms with van der Waals surface area (Å²) in [5.41, 5.74) is -0.545. The first kappa shape index (κ1) is 15.9. The number of rotatable bonds is 7. The summed E-state index contributed by atoms with van der Waals surface area (Å²) >= 11 is 1.43. The van der Waals surface area contributed by atoms with E-state index in [1.54, 1.807) is 18.6 Å². The number of hydrogen-bond acceptors (Lipinski definition) is 6. The summed E-state index contributed by atoms with van der Waals surface area (Å²) in [7, 11) is -0.0865. The molecule has 2 heterocycles. The number of hydrogen-bond donors (Lipinski definition) is 2. The van der Waals surface area contributed by atoms with Crippen LogP contribution in [0.25, 0.3) is 0 Å². The number of nitrogens with one attached hydrogen (secondary N) is 2. The van der Waals surface area contributed by atoms with E-state index in [9.17, 15) is 8.42 Å². The van der Waals surface area contributed by atoms with Crippen molar-refractivity contribution in [2.45, 2.75) is 23.5 Å². The fourth-order valence-corrected chi connectivity index (χ4v) is 4.44. The molecule has 0 spiro atoms. The maximum absolute atomic E-state index is 12.2. The van der Waals surface area contributed by atoms with Crippen LogP contribution in [0, 0.1) is 0 Å². The van der Waals surface area contributed by atoms with Crippen LogP contribution in [0.2, 0.25) is 0 Å². The van der Waals surface area contributed by atoms with Gasteiger partial charge in [-0.25, -0.2) is 13.1 Å². The lowest BCUT2D eigenvalue weighted by Gasteiger charge is -2.25. The maximum Gasteiger partial charge on any atom is 0.241 e. The molecule has 0 radical (unpaired) electrons. The highest BCUT2D eigenvalue weighted by Gasteiger charge is 2.36. The van der Waals surface area contributed by atoms with Gasteiger partial charge in [0.25, 0.3) is 0 Å². The van der Waals surface area contributed by atoms with Crippen molar-refractivity contribution in [2.75, 3.05) is 33.9 Å². The minimum Gasteiger partial charge on any atom is -0.378 e. The summed E-state index contributed by atoms with van der Waals surface area (Å²) in [6, 6.07) is 1.69. The largest absolute Gasteiger partial charge is 0.378 e. The highest BCUT2D eigenvalue weighted by molar-refractivity contribution is 7.89. The van der Waals surface area contributed by atoms with Gasteiger partial charge in [0.05, 0.1) is 11.5 Å². The third-order valence-electron chi connectivity index (χ3n) is 3.38. The fourth-order valence-electron chi connectivity index (χ4n) is 2.04. The van der Waals surface area contributed by atoms with Crippen LogP contribution in [0.4, 0.5) is 0 Å². The van der Waals surface area contributed by atoms with Crippen LogP contribution in [0.5, 0.6) is 0 Å². The SMILES string of the molecule is CNCc1cc(S(=O)(=O)NCC2(OC)CCOC2)cs1. The molecule has 1 unspecified atom stereocenters. The molecule has 0 bridgehead atoms. The zero-order chi connectivity index (χ0) is 14.6. The van der Waals surface area contributed by atoms with Gasteiger partial charge in [0.15, 0.2) is 0 Å². The lowest BCUT2D eigenvalue weighted by atomic mass is 10.0. The smallest absolute Gasteiger partial charge is 0.241 e. The number of ether oxygens (including phenoxy) is 2. The third-order valence-corrected chi connectivity index (χ3v) is 5.84. The van der Waals surface area contributed by atoms with E-state index in [-0.39, 0.29) is 6.54 Å². The zero-order valence-electron chi connectivity index (χ0n) is 11.6. The summed E-state index contributed by atoms with van der Waals surface area (Å²) in [4.78, 5) is 1.29. The van der Waals surface area contributed by atoms with Crippen LogP contribution in [0.15, 0.2) is 16.3 Å². The minimum absolute atomic E-state index is 0.225. The van der Waals surface area contributed by atoms with Gasteiger partial charge >= 0.3 is 0 Å². The van der Waals surface area contributed by atoms with Crippen molar-refractivity contribution in [1.82, 2.24) is 10.0 Å². The predicted molar refractivity (Wildman–Crippen MR) is 77.4 cm³/mol. The molecule has 6 nitrogen and oxygen atoms in total. The van der Waals surface area contributed by atoms with E-state index in [0.717, 1.165) is 4.88 Å². The van der Waals surface area contributed by atoms with Crippen LogP contribution in [-0.2, 0) is 26.0 Å². The molecule has 2 N–H and O–H groups in total. The van der Waals surface area contributed by atoms with Gasteiger partial charge in [-0.05, 0) is 13.1 Å². The Balaban J connectivity index is 2.03. The van der Waals surface area contributed by atoms with E-state index < -0.39 is 15.6 Å². The quantitative estimate of drug-likeness (QED) is 0.767. The van der Waals surface area contributed by atoms with Crippen molar-refractivity contribution in [1.29, 1.82) is 0 Å². The molecule has 1 atom stereocenters. The van der Waals surface area contributed by atoms with E-state index in [0.29, 0.717) is 31.1 Å². The van der Waals surface area contributed by atoms with Crippen molar-refractivity contribution in [3.8, 4) is 0 Å². The second-order valence-corrected chi connectivity index (χ2v) is 7.56. The Hall–Kier alpha value is -0.510. The van der Waals surface area contributed by atoms with Crippen LogP contribution in [0.3, 0.4) is 0 Å². The molecule has 114 valence electrons. The molecule has 0 aliphatic carbocycles. The Bertz CT molecular complexity index is 535. The first-order chi connectivity index (χ1) is 9.51. The van der Waals surface area contributed by atoms with Crippen molar-refractivity contribution in [3.05, 3.63) is 16.3 Å². The number of thiophene rings is 1. The number of methoxy groups -OCH3 is 1. The highest BCUT2D eigenvalue weighted by atomic mass is 32.2. The van der Waals surface area contributed by atoms with E-state index in [4.69, 9.17) is 9.47 Å². The normalized spacial score (nSPS) is 23.3. The van der Waals surface area contributed by atoms with Gasteiger partial charge in [0.2, 0.25) is 10.0 Å². The van der Waals surface area contributed by atoms with E-state index >= 15 is 0 Å². The van der Waals surface area contributed by atoms with E-state index in [1.165, 1.54) is 11.3 Å². The number of sulfonamides is 1. The molecular formula is C12H20N2O4S2. The summed E-state index contributed by atoms with van der Waals surface area (Å²) in [5.74, 6) is 0. The molecule has 1 saturated heterocycles. The Kier molecular flexibility index (Phi) is 5.16. The molecule has 8 heteroatoms. The van der Waals surface area contributed by atoms with Crippen LogP contribution in [0.1, 0.15) is 11.3 Å². The predicted octanol–water partition coefficient (Wildman–Crippen LogP) is 0.551. The fraction of sp³-hybridized carbons (Fsp3) is 0.667. The molecule has 1 aromatic heterocycles. The first-order valence-corrected chi connectivity index (χ1v) is 8.72. The van der Waals surface area contributed by atoms with Gasteiger partial charge < -0.3 is 14.8 Å². The van der Waals surface area contributed by atoms with Crippen LogP contribution >= 0.6 is 11.3 Å². The monoisotopic (exact) mass is 320 g/mol. The second kappa shape index (κ2) is 6.50. The highest BCUT2D eigenvalue weighted by Crippen LogP contribution is 2.23. The van der Waals surface area contributed by atoms with Crippen molar-refractivity contribution in [2.24, 2.45) is 0 Å². The molecule has 20 heavy (non-hydrogen) atoms. The Labute approximate surface area is 123 Å². The average molecular weight is 320 g/mol. The maximum atomic E-state index is 12.2. The summed E-state index contributed by atoms with van der Waals surface area (Å²) in [6.07, 6.45) is 0.695. The van der Waals surface area contributed by atoms with Gasteiger partial charge in [-0.3, -0.25) is 0 Å². The molecule has 0 aromatic carbocycles. The molecular weight excluding hydrogens is 300 g/mol. The minimum atomic E-state index is -3.50. The van der Waals surface area contributed by atoms with Crippen molar-refractivity contribution in [3.63, 3.8) is 0 Å². The average Bonchev–Trinajstić information content (AvgIpc) is 3.07. The molecule has 1 fully saturated rings. The van der Waals surface area contributed by atoms with Gasteiger partial charge in [0, 0.05) is 43.5 Å². The molecule has 1 aliphatic heterocycles. The summed E-state index contributed by atoms with van der Waals surface area (Å²) in [6.45, 7) is 1.90. The first-order valence-electron chi connectivity index (χ1n) is 6.36. The Morgan fingerprint density at radius 1 is 1.55 bits per heavy atom. The molecule has 0 saturated carbocycles. The Morgan fingerprint density at radius 3 is 2.95 bits per heavy atom. The topological polar surface area (TPSA) is 76.7 Å². The standard InChI is InChI=1S/C12H20N2O4S2/c1-13-6-10-5-11(7-19-10)20(15,16)14-8-12(17-2)3-4-18-9-12/h5,7,13-14H,3-4,6,8-9H2,1-2H3. The Morgan fingerprint density at radius 2 is 2.35 bits per heavy atom. The van der Waals surface area contributed by atoms with E-state index in [2.05, 4.69) is 10.0 Å². The van der Waals surface area contributed by atoms with Gasteiger partial charge in [-0.1, -0.05) is 0 Å². The second-order valence-electron chi connectivity index (χ2n) is 4.79. The van der Waals surface area contributed by atoms with Gasteiger partial charge in [-0.15, -0.1) is 11.3 Å². The summed E-state index contributed by atoms with van der Waals surface area (Å²) < 4.78 is 37.8. The van der Waals surface area contributed by atoms with Crippen LogP contribution < -0.4 is 10.0 Å². The zero-order valence-corrected chi connectivity index (χ0v) is 13.3. The van der Waals surface area contributed by atoms with E-state index in [1.807, 2.05) is 7.05 Å². The molecule has 2 rings (SSSR count). The van der Waals surface area contributed by atoms with Gasteiger partial charge in [0.1, 0.15) is 5.60 Å². The molecule has 1 aromatic rings. The van der Waals surface area contributed by atoms with Crippen molar-refractivity contribution >= 4 is 21.4 Å². The molecule has 0 amide bonds. The van der Waals surface area contributed by atoms with Gasteiger partial charge in [-0.2, -0.15) is 0 Å². The lowest BCUT2D eigenvalue weighted by Crippen LogP contribution is -2.44. The summed E-state index contributed by atoms with van der Waals surface area (Å²) in [5, 5.41) is 4.65. The third kappa shape index (κ3) is 3.57. The molecule has 1 aliphatic rings. The van der Waals surface area contributed by atoms with Crippen molar-refractivity contribution < 1.29 is 17.9 Å².